The van der Waals surface area contributed by atoms with Gasteiger partial charge in [-0.05, 0) is 143 Å². The topological polar surface area (TPSA) is 63.9 Å². The molecular weight excluding hydrogens is 912 g/mol. The number of fused-ring (bicyclic) bond motifs is 10. The lowest BCUT2D eigenvalue weighted by molar-refractivity contribution is 1.16. The van der Waals surface area contributed by atoms with E-state index in [2.05, 4.69) is 256 Å². The Morgan fingerprint density at radius 1 is 0.307 bits per heavy atom. The van der Waals surface area contributed by atoms with Crippen LogP contribution < -0.4 is 26.2 Å². The van der Waals surface area contributed by atoms with Gasteiger partial charge in [0.25, 0.3) is 6.71 Å². The van der Waals surface area contributed by atoms with Crippen molar-refractivity contribution in [2.75, 3.05) is 9.80 Å². The van der Waals surface area contributed by atoms with Gasteiger partial charge >= 0.3 is 0 Å². The van der Waals surface area contributed by atoms with Gasteiger partial charge in [0.1, 0.15) is 0 Å². The maximum Gasteiger partial charge on any atom is 0.252 e. The van der Waals surface area contributed by atoms with Crippen LogP contribution in [0.25, 0.3) is 77.2 Å². The van der Waals surface area contributed by atoms with E-state index < -0.39 is 0 Å². The van der Waals surface area contributed by atoms with Gasteiger partial charge in [0.05, 0.1) is 56.7 Å². The standard InChI is InChI=1S/C68H41BN6/c70-42-44-31-34-61(74-58-26-12-7-21-50(58)51-22-8-13-27-59(51)74)53(37-44)54-38-45(43-71)32-35-62(54)75-60-28-14-9-23-52(60)55-39-46(33-36-63(55)75)47-40-66-68-67(41-47)73(49-19-5-2-6-20-49)65-30-16-11-25-57(65)69(68)56-24-10-15-29-64(56)72(66)48-17-3-1-4-18-48/h1-41H. The van der Waals surface area contributed by atoms with Crippen LogP contribution in [0.5, 0.6) is 0 Å². The number of aromatic nitrogens is 2. The Labute approximate surface area is 433 Å². The normalized spacial score (nSPS) is 12.4. The van der Waals surface area contributed by atoms with E-state index in [4.69, 9.17) is 0 Å². The molecule has 0 aliphatic carbocycles. The van der Waals surface area contributed by atoms with E-state index in [0.29, 0.717) is 11.1 Å². The van der Waals surface area contributed by atoms with Crippen molar-refractivity contribution in [1.29, 1.82) is 10.5 Å². The number of nitriles is 2. The van der Waals surface area contributed by atoms with Crippen molar-refractivity contribution < 1.29 is 0 Å². The molecule has 0 atom stereocenters. The van der Waals surface area contributed by atoms with Crippen molar-refractivity contribution in [3.05, 3.63) is 260 Å². The second kappa shape index (κ2) is 16.6. The van der Waals surface area contributed by atoms with Crippen molar-refractivity contribution >= 4 is 101 Å². The van der Waals surface area contributed by atoms with Crippen molar-refractivity contribution in [1.82, 2.24) is 9.13 Å². The van der Waals surface area contributed by atoms with Gasteiger partial charge in [0, 0.05) is 66.8 Å². The lowest BCUT2D eigenvalue weighted by Crippen LogP contribution is -2.61. The average molecular weight is 953 g/mol. The van der Waals surface area contributed by atoms with Gasteiger partial charge in [-0.3, -0.25) is 0 Å². The Hall–Kier alpha value is -10.3. The van der Waals surface area contributed by atoms with Gasteiger partial charge in [-0.1, -0.05) is 133 Å². The third-order valence-corrected chi connectivity index (χ3v) is 15.5. The summed E-state index contributed by atoms with van der Waals surface area (Å²) in [5, 5.41) is 25.5. The summed E-state index contributed by atoms with van der Waals surface area (Å²) in [4.78, 5) is 4.91. The molecular formula is C68H41BN6. The van der Waals surface area contributed by atoms with Crippen LogP contribution in [0.15, 0.2) is 249 Å². The van der Waals surface area contributed by atoms with Crippen LogP contribution in [0.4, 0.5) is 34.1 Å². The van der Waals surface area contributed by atoms with Gasteiger partial charge in [-0.15, -0.1) is 0 Å². The van der Waals surface area contributed by atoms with E-state index in [1.54, 1.807) is 0 Å². The highest BCUT2D eigenvalue weighted by Gasteiger charge is 2.43. The highest BCUT2D eigenvalue weighted by Crippen LogP contribution is 2.47. The molecule has 2 aliphatic rings. The summed E-state index contributed by atoms with van der Waals surface area (Å²) in [5.74, 6) is 0. The number of para-hydroxylation sites is 7. The van der Waals surface area contributed by atoms with Crippen molar-refractivity contribution in [3.8, 4) is 45.8 Å². The van der Waals surface area contributed by atoms with Gasteiger partial charge in [-0.2, -0.15) is 10.5 Å². The molecule has 0 bridgehead atoms. The number of hydrogen-bond donors (Lipinski definition) is 0. The molecule has 0 unspecified atom stereocenters. The van der Waals surface area contributed by atoms with Crippen LogP contribution in [0.2, 0.25) is 0 Å². The summed E-state index contributed by atoms with van der Waals surface area (Å²) in [6, 6.07) is 93.3. The number of rotatable bonds is 6. The molecule has 7 heteroatoms. The molecule has 15 rings (SSSR count). The Bertz CT molecular complexity index is 4430. The summed E-state index contributed by atoms with van der Waals surface area (Å²) in [6.07, 6.45) is 0. The largest absolute Gasteiger partial charge is 0.311 e. The third-order valence-electron chi connectivity index (χ3n) is 15.5. The van der Waals surface area contributed by atoms with Crippen molar-refractivity contribution in [2.45, 2.75) is 0 Å². The lowest BCUT2D eigenvalue weighted by Gasteiger charge is -2.44. The SMILES string of the molecule is N#Cc1ccc(-n2c3ccccc3c3ccccc32)c(-c2cc(C#N)ccc2-n2c3ccccc3c3cc(-c4cc5c6c(c4)N(c4ccccc4)c4ccccc4B6c4ccccc4N5c4ccccc4)ccc32)c1. The summed E-state index contributed by atoms with van der Waals surface area (Å²) in [6.45, 7) is 0.0165. The zero-order valence-electron chi connectivity index (χ0n) is 40.4. The van der Waals surface area contributed by atoms with Crippen LogP contribution in [0.1, 0.15) is 11.1 Å². The Kier molecular flexibility index (Phi) is 9.38. The molecule has 75 heavy (non-hydrogen) atoms. The minimum atomic E-state index is 0.0165. The van der Waals surface area contributed by atoms with Crippen LogP contribution in [0.3, 0.4) is 0 Å². The van der Waals surface area contributed by atoms with Crippen LogP contribution in [-0.4, -0.2) is 15.8 Å². The maximum absolute atomic E-state index is 10.5. The van der Waals surface area contributed by atoms with Crippen LogP contribution in [-0.2, 0) is 0 Å². The number of nitrogens with zero attached hydrogens (tertiary/aromatic N) is 6. The van der Waals surface area contributed by atoms with Crippen LogP contribution >= 0.6 is 0 Å². The molecule has 6 nitrogen and oxygen atoms in total. The summed E-state index contributed by atoms with van der Waals surface area (Å²) < 4.78 is 4.63. The molecule has 0 saturated heterocycles. The van der Waals surface area contributed by atoms with E-state index in [1.165, 1.54) is 27.8 Å². The highest BCUT2D eigenvalue weighted by molar-refractivity contribution is 7.00. The van der Waals surface area contributed by atoms with E-state index in [0.717, 1.165) is 100.0 Å². The number of hydrogen-bond acceptors (Lipinski definition) is 4. The molecule has 0 fully saturated rings. The first-order valence-corrected chi connectivity index (χ1v) is 25.3. The highest BCUT2D eigenvalue weighted by atomic mass is 15.2. The Balaban J connectivity index is 0.976. The molecule has 0 amide bonds. The van der Waals surface area contributed by atoms with E-state index in [1.807, 2.05) is 24.3 Å². The second-order valence-electron chi connectivity index (χ2n) is 19.5. The molecule has 0 saturated carbocycles. The quantitative estimate of drug-likeness (QED) is 0.156. The predicted octanol–water partition coefficient (Wildman–Crippen LogP) is 15.0. The molecule has 13 aromatic rings. The number of benzene rings is 11. The average Bonchev–Trinajstić information content (AvgIpc) is 4.05. The maximum atomic E-state index is 10.5. The van der Waals surface area contributed by atoms with Crippen molar-refractivity contribution in [2.24, 2.45) is 0 Å². The molecule has 0 radical (unpaired) electrons. The van der Waals surface area contributed by atoms with Crippen molar-refractivity contribution in [3.63, 3.8) is 0 Å². The minimum absolute atomic E-state index is 0.0165. The molecule has 2 aliphatic heterocycles. The van der Waals surface area contributed by atoms with Crippen LogP contribution in [0, 0.1) is 22.7 Å². The fraction of sp³-hybridized carbons (Fsp3) is 0. The minimum Gasteiger partial charge on any atom is -0.311 e. The summed E-state index contributed by atoms with van der Waals surface area (Å²) >= 11 is 0. The van der Waals surface area contributed by atoms with Gasteiger partial charge in [0.15, 0.2) is 0 Å². The molecule has 11 aromatic carbocycles. The zero-order chi connectivity index (χ0) is 49.7. The lowest BCUT2D eigenvalue weighted by atomic mass is 9.33. The smallest absolute Gasteiger partial charge is 0.252 e. The Morgan fingerprint density at radius 2 is 0.720 bits per heavy atom. The van der Waals surface area contributed by atoms with E-state index in [-0.39, 0.29) is 6.71 Å². The molecule has 4 heterocycles. The molecule has 0 N–H and O–H groups in total. The second-order valence-corrected chi connectivity index (χ2v) is 19.5. The van der Waals surface area contributed by atoms with Gasteiger partial charge < -0.3 is 18.9 Å². The fourth-order valence-electron chi connectivity index (χ4n) is 12.4. The summed E-state index contributed by atoms with van der Waals surface area (Å²) in [5.41, 5.74) is 21.7. The Morgan fingerprint density at radius 3 is 1.20 bits per heavy atom. The zero-order valence-corrected chi connectivity index (χ0v) is 40.4. The molecule has 346 valence electrons. The number of anilines is 6. The summed E-state index contributed by atoms with van der Waals surface area (Å²) in [7, 11) is 0. The first kappa shape index (κ1) is 42.4. The fourth-order valence-corrected chi connectivity index (χ4v) is 12.4. The monoisotopic (exact) mass is 952 g/mol. The predicted molar refractivity (Wildman–Crippen MR) is 309 cm³/mol. The first-order chi connectivity index (χ1) is 37.1. The first-order valence-electron chi connectivity index (χ1n) is 25.3. The van der Waals surface area contributed by atoms with Gasteiger partial charge in [0.2, 0.25) is 0 Å². The molecule has 0 spiro atoms. The third kappa shape index (κ3) is 6.32. The molecule has 2 aromatic heterocycles. The van der Waals surface area contributed by atoms with E-state index >= 15 is 0 Å². The van der Waals surface area contributed by atoms with Gasteiger partial charge in [-0.25, -0.2) is 0 Å². The van der Waals surface area contributed by atoms with E-state index in [9.17, 15) is 10.5 Å².